The molecule has 0 amide bonds. The molecule has 1 unspecified atom stereocenters. The van der Waals surface area contributed by atoms with Crippen molar-refractivity contribution < 1.29 is 9.59 Å². The van der Waals surface area contributed by atoms with Crippen molar-refractivity contribution >= 4 is 12.6 Å². The van der Waals surface area contributed by atoms with Crippen molar-refractivity contribution in [1.82, 2.24) is 0 Å². The smallest absolute Gasteiger partial charge is 0.146 e. The predicted octanol–water partition coefficient (Wildman–Crippen LogP) is 0.721. The van der Waals surface area contributed by atoms with E-state index in [4.69, 9.17) is 0 Å². The van der Waals surface area contributed by atoms with E-state index in [1.54, 1.807) is 0 Å². The zero-order chi connectivity index (χ0) is 6.85. The number of rotatable bonds is 2. The fourth-order valence-electron chi connectivity index (χ4n) is 1.05. The molecule has 48 valence electrons. The maximum absolute atomic E-state index is 10.2. The summed E-state index contributed by atoms with van der Waals surface area (Å²) in [6, 6.07) is 0. The lowest BCUT2D eigenvalue weighted by molar-refractivity contribution is -0.113. The molecule has 2 heteroatoms. The van der Waals surface area contributed by atoms with Crippen molar-refractivity contribution in [3.8, 4) is 0 Å². The monoisotopic (exact) mass is 124 g/mol. The van der Waals surface area contributed by atoms with Crippen molar-refractivity contribution in [2.75, 3.05) is 0 Å². The summed E-state index contributed by atoms with van der Waals surface area (Å²) in [5.41, 5.74) is 1.74. The number of carbonyl (C=O) groups is 2. The zero-order valence-electron chi connectivity index (χ0n) is 5.26. The SMILES string of the molecule is CC1=C(C=O)C(C=O)C1. The van der Waals surface area contributed by atoms with E-state index >= 15 is 0 Å². The molecule has 0 saturated carbocycles. The van der Waals surface area contributed by atoms with E-state index < -0.39 is 0 Å². The lowest BCUT2D eigenvalue weighted by Crippen LogP contribution is -2.19. The molecular formula is C7H8O2. The van der Waals surface area contributed by atoms with Crippen LogP contribution in [-0.2, 0) is 9.59 Å². The quantitative estimate of drug-likeness (QED) is 0.508. The second kappa shape index (κ2) is 2.13. The number of allylic oxidation sites excluding steroid dienone is 2. The molecule has 1 aliphatic rings. The summed E-state index contributed by atoms with van der Waals surface area (Å²) in [6.45, 7) is 1.88. The molecule has 0 aromatic carbocycles. The van der Waals surface area contributed by atoms with Crippen LogP contribution in [0, 0.1) is 5.92 Å². The van der Waals surface area contributed by atoms with Crippen LogP contribution in [0.1, 0.15) is 13.3 Å². The highest BCUT2D eigenvalue weighted by Gasteiger charge is 2.24. The lowest BCUT2D eigenvalue weighted by atomic mass is 9.80. The topological polar surface area (TPSA) is 34.1 Å². The van der Waals surface area contributed by atoms with Gasteiger partial charge in [-0.15, -0.1) is 0 Å². The van der Waals surface area contributed by atoms with E-state index in [9.17, 15) is 9.59 Å². The van der Waals surface area contributed by atoms with Crippen LogP contribution in [0.4, 0.5) is 0 Å². The van der Waals surface area contributed by atoms with Crippen LogP contribution in [0.25, 0.3) is 0 Å². The molecule has 0 aliphatic heterocycles. The second-order valence-electron chi connectivity index (χ2n) is 2.30. The molecule has 9 heavy (non-hydrogen) atoms. The van der Waals surface area contributed by atoms with Gasteiger partial charge in [-0.25, -0.2) is 0 Å². The summed E-state index contributed by atoms with van der Waals surface area (Å²) >= 11 is 0. The van der Waals surface area contributed by atoms with Crippen LogP contribution in [0.2, 0.25) is 0 Å². The fourth-order valence-corrected chi connectivity index (χ4v) is 1.05. The molecule has 0 bridgehead atoms. The Bertz CT molecular complexity index is 179. The summed E-state index contributed by atoms with van der Waals surface area (Å²) < 4.78 is 0. The molecule has 0 aromatic heterocycles. The van der Waals surface area contributed by atoms with Crippen molar-refractivity contribution in [3.63, 3.8) is 0 Å². The number of carbonyl (C=O) groups excluding carboxylic acids is 2. The number of aldehydes is 2. The van der Waals surface area contributed by atoms with Gasteiger partial charge in [0, 0.05) is 11.5 Å². The Morgan fingerprint density at radius 1 is 1.56 bits per heavy atom. The van der Waals surface area contributed by atoms with Gasteiger partial charge in [0.15, 0.2) is 0 Å². The van der Waals surface area contributed by atoms with E-state index in [0.717, 1.165) is 24.6 Å². The third kappa shape index (κ3) is 0.803. The highest BCUT2D eigenvalue weighted by Crippen LogP contribution is 2.30. The van der Waals surface area contributed by atoms with Gasteiger partial charge in [0.25, 0.3) is 0 Å². The Labute approximate surface area is 53.6 Å². The Hall–Kier alpha value is -0.920. The standard InChI is InChI=1S/C7H8O2/c1-5-2-6(3-8)7(5)4-9/h3-4,6H,2H2,1H3. The molecule has 0 fully saturated rings. The van der Waals surface area contributed by atoms with Crippen LogP contribution in [0.5, 0.6) is 0 Å². The second-order valence-corrected chi connectivity index (χ2v) is 2.30. The van der Waals surface area contributed by atoms with Gasteiger partial charge in [-0.1, -0.05) is 5.57 Å². The first kappa shape index (κ1) is 6.20. The Kier molecular flexibility index (Phi) is 1.47. The van der Waals surface area contributed by atoms with Crippen LogP contribution in [0.3, 0.4) is 0 Å². The van der Waals surface area contributed by atoms with Crippen molar-refractivity contribution in [3.05, 3.63) is 11.1 Å². The van der Waals surface area contributed by atoms with Gasteiger partial charge in [-0.3, -0.25) is 4.79 Å². The third-order valence-electron chi connectivity index (χ3n) is 1.71. The maximum atomic E-state index is 10.2. The van der Waals surface area contributed by atoms with Gasteiger partial charge in [0.2, 0.25) is 0 Å². The molecule has 0 N–H and O–H groups in total. The van der Waals surface area contributed by atoms with Gasteiger partial charge in [-0.2, -0.15) is 0 Å². The molecule has 0 aromatic rings. The molecule has 0 heterocycles. The minimum absolute atomic E-state index is 0.0949. The predicted molar refractivity (Wildman–Crippen MR) is 32.9 cm³/mol. The highest BCUT2D eigenvalue weighted by atomic mass is 16.1. The third-order valence-corrected chi connectivity index (χ3v) is 1.71. The number of hydrogen-bond acceptors (Lipinski definition) is 2. The molecule has 0 spiro atoms. The van der Waals surface area contributed by atoms with Crippen LogP contribution in [0.15, 0.2) is 11.1 Å². The van der Waals surface area contributed by atoms with Crippen LogP contribution in [-0.4, -0.2) is 12.6 Å². The minimum Gasteiger partial charge on any atom is -0.303 e. The maximum Gasteiger partial charge on any atom is 0.146 e. The largest absolute Gasteiger partial charge is 0.303 e. The van der Waals surface area contributed by atoms with Gasteiger partial charge >= 0.3 is 0 Å². The zero-order valence-corrected chi connectivity index (χ0v) is 5.26. The van der Waals surface area contributed by atoms with E-state index in [1.165, 1.54) is 0 Å². The van der Waals surface area contributed by atoms with Gasteiger partial charge in [-0.05, 0) is 13.3 Å². The fraction of sp³-hybridized carbons (Fsp3) is 0.429. The van der Waals surface area contributed by atoms with Crippen LogP contribution >= 0.6 is 0 Å². The van der Waals surface area contributed by atoms with Gasteiger partial charge in [0.1, 0.15) is 12.6 Å². The van der Waals surface area contributed by atoms with Crippen molar-refractivity contribution in [2.24, 2.45) is 5.92 Å². The van der Waals surface area contributed by atoms with E-state index in [-0.39, 0.29) is 5.92 Å². The summed E-state index contributed by atoms with van der Waals surface area (Å²) in [5, 5.41) is 0. The Balaban J connectivity index is 2.75. The molecule has 1 atom stereocenters. The molecule has 2 nitrogen and oxygen atoms in total. The summed E-state index contributed by atoms with van der Waals surface area (Å²) in [7, 11) is 0. The average Bonchev–Trinajstić information content (AvgIpc) is 1.83. The molecule has 0 radical (unpaired) electrons. The molecule has 1 aliphatic carbocycles. The molecule has 1 rings (SSSR count). The van der Waals surface area contributed by atoms with Crippen molar-refractivity contribution in [2.45, 2.75) is 13.3 Å². The minimum atomic E-state index is -0.0949. The number of hydrogen-bond donors (Lipinski definition) is 0. The average molecular weight is 124 g/mol. The van der Waals surface area contributed by atoms with Crippen molar-refractivity contribution in [1.29, 1.82) is 0 Å². The summed E-state index contributed by atoms with van der Waals surface area (Å²) in [5.74, 6) is -0.0949. The first-order chi connectivity index (χ1) is 4.29. The van der Waals surface area contributed by atoms with E-state index in [1.807, 2.05) is 6.92 Å². The summed E-state index contributed by atoms with van der Waals surface area (Å²) in [4.78, 5) is 20.3. The highest BCUT2D eigenvalue weighted by molar-refractivity contribution is 5.85. The normalized spacial score (nSPS) is 25.2. The van der Waals surface area contributed by atoms with E-state index in [2.05, 4.69) is 0 Å². The van der Waals surface area contributed by atoms with E-state index in [0.29, 0.717) is 5.57 Å². The summed E-state index contributed by atoms with van der Waals surface area (Å²) in [6.07, 6.45) is 2.38. The Morgan fingerprint density at radius 3 is 2.44 bits per heavy atom. The first-order valence-corrected chi connectivity index (χ1v) is 2.89. The Morgan fingerprint density at radius 2 is 2.22 bits per heavy atom. The van der Waals surface area contributed by atoms with Gasteiger partial charge in [0.05, 0.1) is 0 Å². The lowest BCUT2D eigenvalue weighted by Gasteiger charge is -2.22. The molecule has 0 saturated heterocycles. The molecular weight excluding hydrogens is 116 g/mol. The first-order valence-electron chi connectivity index (χ1n) is 2.89. The van der Waals surface area contributed by atoms with Crippen LogP contribution < -0.4 is 0 Å². The van der Waals surface area contributed by atoms with Gasteiger partial charge < -0.3 is 4.79 Å².